The van der Waals surface area contributed by atoms with Crippen LogP contribution in [0.4, 0.5) is 0 Å². The van der Waals surface area contributed by atoms with E-state index in [1.165, 1.54) is 10.9 Å². The monoisotopic (exact) mass is 594 g/mol. The van der Waals surface area contributed by atoms with Gasteiger partial charge in [-0.1, -0.05) is 140 Å². The van der Waals surface area contributed by atoms with Crippen LogP contribution in [0.1, 0.15) is 33.4 Å². The summed E-state index contributed by atoms with van der Waals surface area (Å²) in [5.74, 6) is 0. The van der Waals surface area contributed by atoms with E-state index in [4.69, 9.17) is 0 Å². The number of fused-ring (bicyclic) bond motifs is 5. The molecule has 0 atom stereocenters. The Kier molecular flexibility index (Phi) is 5.88. The summed E-state index contributed by atoms with van der Waals surface area (Å²) in [6, 6.07) is 60.3. The molecule has 0 spiro atoms. The average Bonchev–Trinajstić information content (AvgIpc) is 3.15. The fraction of sp³-hybridized carbons (Fsp3) is 0.0222. The van der Waals surface area contributed by atoms with Gasteiger partial charge in [0.25, 0.3) is 0 Å². The molecule has 0 amide bonds. The molecule has 2 heteroatoms. The third kappa shape index (κ3) is 3.65. The normalized spacial score (nSPS) is 12.8. The van der Waals surface area contributed by atoms with Crippen LogP contribution in [0.3, 0.4) is 0 Å². The first-order valence-corrected chi connectivity index (χ1v) is 15.8. The zero-order chi connectivity index (χ0) is 31.5. The minimum absolute atomic E-state index is 0.639. The summed E-state index contributed by atoms with van der Waals surface area (Å²) in [5.41, 5.74) is 9.79. The van der Waals surface area contributed by atoms with Crippen molar-refractivity contribution in [3.63, 3.8) is 0 Å². The Morgan fingerprint density at radius 3 is 1.70 bits per heavy atom. The van der Waals surface area contributed by atoms with Crippen LogP contribution in [0.2, 0.25) is 0 Å². The van der Waals surface area contributed by atoms with Gasteiger partial charge in [0, 0.05) is 5.39 Å². The van der Waals surface area contributed by atoms with Crippen LogP contribution < -0.4 is 0 Å². The van der Waals surface area contributed by atoms with Crippen LogP contribution in [0.25, 0.3) is 54.6 Å². The molecule has 0 N–H and O–H groups in total. The van der Waals surface area contributed by atoms with Gasteiger partial charge in [-0.2, -0.15) is 10.5 Å². The van der Waals surface area contributed by atoms with Crippen molar-refractivity contribution < 1.29 is 0 Å². The molecular formula is C45H26N2. The molecule has 47 heavy (non-hydrogen) atoms. The maximum absolute atomic E-state index is 10.2. The molecule has 0 saturated heterocycles. The van der Waals surface area contributed by atoms with Gasteiger partial charge in [0.2, 0.25) is 0 Å². The minimum Gasteiger partial charge on any atom is -0.192 e. The van der Waals surface area contributed by atoms with E-state index in [1.807, 2.05) is 24.3 Å². The zero-order valence-corrected chi connectivity index (χ0v) is 25.4. The maximum Gasteiger partial charge on any atom is 0.0998 e. The Labute approximate surface area is 273 Å². The van der Waals surface area contributed by atoms with Crippen molar-refractivity contribution in [2.45, 2.75) is 5.41 Å². The first-order valence-electron chi connectivity index (χ1n) is 15.8. The maximum atomic E-state index is 10.2. The highest BCUT2D eigenvalue weighted by Crippen LogP contribution is 2.59. The van der Waals surface area contributed by atoms with Crippen molar-refractivity contribution in [2.24, 2.45) is 0 Å². The average molecular weight is 595 g/mol. The molecule has 0 fully saturated rings. The molecule has 0 bridgehead atoms. The van der Waals surface area contributed by atoms with Crippen LogP contribution >= 0.6 is 0 Å². The van der Waals surface area contributed by atoms with Gasteiger partial charge < -0.3 is 0 Å². The SMILES string of the molecule is N#Cc1ccc2c(c1)C(c1ccccc1)(c1ccccc1)c1c3ccccc3c(-c3ccc(C#N)c4ccccc34)c3cccc-2c13. The lowest BCUT2D eigenvalue weighted by Gasteiger charge is -2.43. The van der Waals surface area contributed by atoms with Gasteiger partial charge in [-0.3, -0.25) is 0 Å². The first-order chi connectivity index (χ1) is 23.3. The van der Waals surface area contributed by atoms with E-state index in [0.29, 0.717) is 11.1 Å². The Hall–Kier alpha value is -6.48. The molecule has 0 unspecified atom stereocenters. The van der Waals surface area contributed by atoms with Crippen LogP contribution in [0.5, 0.6) is 0 Å². The fourth-order valence-corrected chi connectivity index (χ4v) is 8.18. The molecular weight excluding hydrogens is 569 g/mol. The summed E-state index contributed by atoms with van der Waals surface area (Å²) < 4.78 is 0. The third-order valence-electron chi connectivity index (χ3n) is 9.99. The van der Waals surface area contributed by atoms with Crippen LogP contribution in [-0.2, 0) is 5.41 Å². The topological polar surface area (TPSA) is 47.6 Å². The number of nitrogens with zero attached hydrogens (tertiary/aromatic N) is 2. The van der Waals surface area contributed by atoms with E-state index in [-0.39, 0.29) is 0 Å². The predicted molar refractivity (Wildman–Crippen MR) is 191 cm³/mol. The lowest BCUT2D eigenvalue weighted by Crippen LogP contribution is -2.34. The van der Waals surface area contributed by atoms with Crippen molar-refractivity contribution in [1.29, 1.82) is 10.5 Å². The summed E-state index contributed by atoms with van der Waals surface area (Å²) in [4.78, 5) is 0. The molecule has 0 aromatic heterocycles. The highest BCUT2D eigenvalue weighted by atomic mass is 14.5. The second kappa shape index (κ2) is 10.3. The van der Waals surface area contributed by atoms with Gasteiger partial charge in [-0.05, 0) is 89.6 Å². The van der Waals surface area contributed by atoms with Gasteiger partial charge in [0.15, 0.2) is 0 Å². The van der Waals surface area contributed by atoms with Crippen molar-refractivity contribution in [3.05, 3.63) is 191 Å². The van der Waals surface area contributed by atoms with E-state index in [1.54, 1.807) is 0 Å². The van der Waals surface area contributed by atoms with Crippen LogP contribution in [-0.4, -0.2) is 0 Å². The van der Waals surface area contributed by atoms with Gasteiger partial charge in [0.05, 0.1) is 28.7 Å². The zero-order valence-electron chi connectivity index (χ0n) is 25.4. The van der Waals surface area contributed by atoms with Gasteiger partial charge in [-0.25, -0.2) is 0 Å². The third-order valence-corrected chi connectivity index (χ3v) is 9.99. The standard InChI is InChI=1S/C45H26N2/c46-27-29-22-24-35-36-20-11-21-40-42(38-25-23-30(28-47)33-16-7-8-17-34(33)38)37-18-9-10-19-39(37)44(43(36)40)45(41(35)26-29,31-12-3-1-4-13-31)32-14-5-2-6-15-32/h1-26H. The number of nitriles is 2. The molecule has 1 aliphatic rings. The Morgan fingerprint density at radius 2 is 1.02 bits per heavy atom. The number of hydrogen-bond acceptors (Lipinski definition) is 2. The van der Waals surface area contributed by atoms with Crippen LogP contribution in [0.15, 0.2) is 158 Å². The summed E-state index contributed by atoms with van der Waals surface area (Å²) in [6.45, 7) is 0. The lowest BCUT2D eigenvalue weighted by molar-refractivity contribution is 0.756. The first kappa shape index (κ1) is 26.9. The molecule has 0 heterocycles. The van der Waals surface area contributed by atoms with E-state index < -0.39 is 5.41 Å². The van der Waals surface area contributed by atoms with E-state index in [0.717, 1.165) is 65.9 Å². The second-order valence-corrected chi connectivity index (χ2v) is 12.2. The lowest BCUT2D eigenvalue weighted by atomic mass is 9.58. The largest absolute Gasteiger partial charge is 0.192 e. The Morgan fingerprint density at radius 1 is 0.426 bits per heavy atom. The second-order valence-electron chi connectivity index (χ2n) is 12.2. The molecule has 9 rings (SSSR count). The van der Waals surface area contributed by atoms with Crippen molar-refractivity contribution >= 4 is 32.3 Å². The molecule has 8 aromatic rings. The van der Waals surface area contributed by atoms with Gasteiger partial charge in [-0.15, -0.1) is 0 Å². The Bertz CT molecular complexity index is 2600. The number of rotatable bonds is 3. The van der Waals surface area contributed by atoms with Crippen molar-refractivity contribution in [1.82, 2.24) is 0 Å². The molecule has 2 nitrogen and oxygen atoms in total. The molecule has 0 aliphatic heterocycles. The number of benzene rings is 8. The predicted octanol–water partition coefficient (Wildman–Crippen LogP) is 10.9. The van der Waals surface area contributed by atoms with Gasteiger partial charge in [0.1, 0.15) is 0 Å². The van der Waals surface area contributed by atoms with E-state index >= 15 is 0 Å². The smallest absolute Gasteiger partial charge is 0.0998 e. The highest BCUT2D eigenvalue weighted by Gasteiger charge is 2.46. The summed E-state index contributed by atoms with van der Waals surface area (Å²) in [6.07, 6.45) is 0. The summed E-state index contributed by atoms with van der Waals surface area (Å²) >= 11 is 0. The quantitative estimate of drug-likeness (QED) is 0.191. The summed E-state index contributed by atoms with van der Waals surface area (Å²) in [5, 5.41) is 26.9. The molecule has 0 radical (unpaired) electrons. The molecule has 1 aliphatic carbocycles. The molecule has 0 saturated carbocycles. The molecule has 8 aromatic carbocycles. The highest BCUT2D eigenvalue weighted by molar-refractivity contribution is 6.23. The van der Waals surface area contributed by atoms with Crippen LogP contribution in [0, 0.1) is 22.7 Å². The summed E-state index contributed by atoms with van der Waals surface area (Å²) in [7, 11) is 0. The Balaban J connectivity index is 1.58. The minimum atomic E-state index is -0.706. The fourth-order valence-electron chi connectivity index (χ4n) is 8.18. The number of hydrogen-bond donors (Lipinski definition) is 0. The van der Waals surface area contributed by atoms with Crippen molar-refractivity contribution in [3.8, 4) is 34.4 Å². The van der Waals surface area contributed by atoms with Crippen molar-refractivity contribution in [2.75, 3.05) is 0 Å². The van der Waals surface area contributed by atoms with E-state index in [9.17, 15) is 10.5 Å². The van der Waals surface area contributed by atoms with Gasteiger partial charge >= 0.3 is 0 Å². The molecule has 216 valence electrons. The van der Waals surface area contributed by atoms with E-state index in [2.05, 4.69) is 146 Å².